The van der Waals surface area contributed by atoms with Gasteiger partial charge in [-0.05, 0) is 0 Å². The van der Waals surface area contributed by atoms with Crippen molar-refractivity contribution in [2.24, 2.45) is 5.73 Å². The molecule has 0 aromatic heterocycles. The molecule has 0 aliphatic heterocycles. The van der Waals surface area contributed by atoms with E-state index < -0.39 is 23.6 Å². The van der Waals surface area contributed by atoms with Gasteiger partial charge in [-0.2, -0.15) is 0 Å². The van der Waals surface area contributed by atoms with Crippen LogP contribution < -0.4 is 5.73 Å². The molecule has 6 nitrogen and oxygen atoms in total. The third kappa shape index (κ3) is 2.65. The Morgan fingerprint density at radius 2 is 1.36 bits per heavy atom. The zero-order valence-corrected chi connectivity index (χ0v) is 8.07. The molecular weight excluding hydrogens is 188 g/mol. The molecule has 0 aromatic rings. The van der Waals surface area contributed by atoms with Crippen LogP contribution >= 0.6 is 0 Å². The molecule has 0 aliphatic carbocycles. The van der Waals surface area contributed by atoms with E-state index in [-0.39, 0.29) is 12.8 Å². The van der Waals surface area contributed by atoms with Gasteiger partial charge in [-0.15, -0.1) is 0 Å². The average Bonchev–Trinajstić information content (AvgIpc) is 2.16. The number of imide groups is 3. The third-order valence-corrected chi connectivity index (χ3v) is 1.52. The first-order chi connectivity index (χ1) is 6.45. The van der Waals surface area contributed by atoms with Gasteiger partial charge in [0.2, 0.25) is 11.8 Å². The summed E-state index contributed by atoms with van der Waals surface area (Å²) in [6, 6.07) is 0. The Bertz CT molecular complexity index is 269. The Morgan fingerprint density at radius 3 is 1.57 bits per heavy atom. The maximum Gasteiger partial charge on any atom is 0.325 e. The summed E-state index contributed by atoms with van der Waals surface area (Å²) in [5, 5.41) is 0. The zero-order chi connectivity index (χ0) is 11.3. The summed E-state index contributed by atoms with van der Waals surface area (Å²) < 4.78 is 0. The van der Waals surface area contributed by atoms with E-state index in [1.165, 1.54) is 13.8 Å². The van der Waals surface area contributed by atoms with Crippen LogP contribution in [0.4, 0.5) is 0 Å². The molecule has 0 fully saturated rings. The van der Waals surface area contributed by atoms with Gasteiger partial charge in [0.05, 0.1) is 0 Å². The van der Waals surface area contributed by atoms with Gasteiger partial charge >= 0.3 is 11.8 Å². The number of rotatable bonds is 2. The molecule has 0 saturated heterocycles. The van der Waals surface area contributed by atoms with Crippen LogP contribution in [0.3, 0.4) is 0 Å². The summed E-state index contributed by atoms with van der Waals surface area (Å²) in [5.41, 5.74) is 4.69. The van der Waals surface area contributed by atoms with E-state index in [2.05, 4.69) is 5.73 Å². The number of nitrogens with zero attached hydrogens (tertiary/aromatic N) is 1. The molecule has 0 bridgehead atoms. The van der Waals surface area contributed by atoms with Crippen molar-refractivity contribution in [1.29, 1.82) is 0 Å². The Morgan fingerprint density at radius 1 is 1.00 bits per heavy atom. The molecule has 2 N–H and O–H groups in total. The summed E-state index contributed by atoms with van der Waals surface area (Å²) in [4.78, 5) is 44.1. The molecule has 0 spiro atoms. The minimum Gasteiger partial charge on any atom is -0.361 e. The number of hydrogen-bond acceptors (Lipinski definition) is 4. The summed E-state index contributed by atoms with van der Waals surface area (Å²) in [7, 11) is 0. The number of carbonyl (C=O) groups is 4. The highest BCUT2D eigenvalue weighted by Gasteiger charge is 2.29. The molecule has 0 atom stereocenters. The van der Waals surface area contributed by atoms with Crippen molar-refractivity contribution in [2.75, 3.05) is 0 Å². The van der Waals surface area contributed by atoms with Crippen LogP contribution in [0.1, 0.15) is 26.7 Å². The molecule has 0 rings (SSSR count). The molecule has 78 valence electrons. The first-order valence-corrected chi connectivity index (χ1v) is 4.15. The molecule has 0 aliphatic rings. The number of amides is 4. The highest BCUT2D eigenvalue weighted by atomic mass is 16.2. The quantitative estimate of drug-likeness (QED) is 0.588. The molecule has 0 saturated carbocycles. The SMILES string of the molecule is CCC(=O)N(C(=O)CC)C(=O)C(N)=O. The van der Waals surface area contributed by atoms with Crippen LogP contribution in [0.2, 0.25) is 0 Å². The van der Waals surface area contributed by atoms with E-state index in [1.807, 2.05) is 0 Å². The minimum absolute atomic E-state index is 0.0369. The topological polar surface area (TPSA) is 97.5 Å². The highest BCUT2D eigenvalue weighted by molar-refractivity contribution is 6.40. The highest BCUT2D eigenvalue weighted by Crippen LogP contribution is 1.99. The lowest BCUT2D eigenvalue weighted by molar-refractivity contribution is -0.158. The van der Waals surface area contributed by atoms with Crippen molar-refractivity contribution in [2.45, 2.75) is 26.7 Å². The van der Waals surface area contributed by atoms with E-state index in [4.69, 9.17) is 0 Å². The molecule has 6 heteroatoms. The Kier molecular flexibility index (Phi) is 4.48. The number of carbonyl (C=O) groups excluding carboxylic acids is 4. The van der Waals surface area contributed by atoms with Gasteiger partial charge in [0.15, 0.2) is 0 Å². The second kappa shape index (κ2) is 5.11. The lowest BCUT2D eigenvalue weighted by atomic mass is 10.3. The zero-order valence-electron chi connectivity index (χ0n) is 8.07. The van der Waals surface area contributed by atoms with Crippen LogP contribution in [-0.2, 0) is 19.2 Å². The normalized spacial score (nSPS) is 9.29. The predicted octanol–water partition coefficient (Wildman–Crippen LogP) is -0.827. The van der Waals surface area contributed by atoms with Crippen molar-refractivity contribution in [1.82, 2.24) is 4.90 Å². The lowest BCUT2D eigenvalue weighted by Crippen LogP contribution is -2.47. The first kappa shape index (κ1) is 12.3. The molecule has 4 amide bonds. The monoisotopic (exact) mass is 200 g/mol. The van der Waals surface area contributed by atoms with Gasteiger partial charge in [0, 0.05) is 12.8 Å². The molecule has 0 aromatic carbocycles. The van der Waals surface area contributed by atoms with Crippen LogP contribution in [0.15, 0.2) is 0 Å². The third-order valence-electron chi connectivity index (χ3n) is 1.52. The molecule has 0 radical (unpaired) electrons. The molecule has 0 heterocycles. The second-order valence-corrected chi connectivity index (χ2v) is 2.50. The maximum atomic E-state index is 11.1. The summed E-state index contributed by atoms with van der Waals surface area (Å²) in [6.07, 6.45) is -0.0739. The smallest absolute Gasteiger partial charge is 0.325 e. The van der Waals surface area contributed by atoms with Gasteiger partial charge in [-0.3, -0.25) is 19.2 Å². The van der Waals surface area contributed by atoms with Gasteiger partial charge in [-0.25, -0.2) is 4.90 Å². The van der Waals surface area contributed by atoms with E-state index in [0.717, 1.165) is 0 Å². The number of hydrogen-bond donors (Lipinski definition) is 1. The Hall–Kier alpha value is -1.72. The van der Waals surface area contributed by atoms with E-state index in [1.54, 1.807) is 0 Å². The van der Waals surface area contributed by atoms with Crippen molar-refractivity contribution >= 4 is 23.6 Å². The summed E-state index contributed by atoms with van der Waals surface area (Å²) in [6.45, 7) is 2.96. The summed E-state index contributed by atoms with van der Waals surface area (Å²) >= 11 is 0. The van der Waals surface area contributed by atoms with Crippen LogP contribution in [-0.4, -0.2) is 28.5 Å². The van der Waals surface area contributed by atoms with Crippen molar-refractivity contribution in [3.8, 4) is 0 Å². The molecular formula is C8H12N2O4. The maximum absolute atomic E-state index is 11.1. The van der Waals surface area contributed by atoms with Crippen molar-refractivity contribution < 1.29 is 19.2 Å². The van der Waals surface area contributed by atoms with Crippen LogP contribution in [0.5, 0.6) is 0 Å². The largest absolute Gasteiger partial charge is 0.361 e. The van der Waals surface area contributed by atoms with Gasteiger partial charge in [0.1, 0.15) is 0 Å². The predicted molar refractivity (Wildman–Crippen MR) is 46.6 cm³/mol. The Balaban J connectivity index is 4.91. The van der Waals surface area contributed by atoms with E-state index in [9.17, 15) is 19.2 Å². The van der Waals surface area contributed by atoms with Crippen molar-refractivity contribution in [3.63, 3.8) is 0 Å². The van der Waals surface area contributed by atoms with Gasteiger partial charge in [-0.1, -0.05) is 13.8 Å². The lowest BCUT2D eigenvalue weighted by Gasteiger charge is -2.15. The van der Waals surface area contributed by atoms with Crippen LogP contribution in [0.25, 0.3) is 0 Å². The fourth-order valence-electron chi connectivity index (χ4n) is 0.792. The fourth-order valence-corrected chi connectivity index (χ4v) is 0.792. The Labute approximate surface area is 81.0 Å². The standard InChI is InChI=1S/C8H12N2O4/c1-3-5(11)10(6(12)4-2)8(14)7(9)13/h3-4H2,1-2H3,(H2,9,13). The van der Waals surface area contributed by atoms with Gasteiger partial charge < -0.3 is 5.73 Å². The molecule has 0 unspecified atom stereocenters. The minimum atomic E-state index is -1.31. The van der Waals surface area contributed by atoms with Gasteiger partial charge in [0.25, 0.3) is 0 Å². The number of nitrogens with two attached hydrogens (primary N) is 1. The average molecular weight is 200 g/mol. The van der Waals surface area contributed by atoms with Crippen LogP contribution in [0, 0.1) is 0 Å². The fraction of sp³-hybridized carbons (Fsp3) is 0.500. The number of primary amides is 1. The second-order valence-electron chi connectivity index (χ2n) is 2.50. The van der Waals surface area contributed by atoms with E-state index in [0.29, 0.717) is 4.90 Å². The summed E-state index contributed by atoms with van der Waals surface area (Å²) in [5.74, 6) is -4.03. The first-order valence-electron chi connectivity index (χ1n) is 4.15. The van der Waals surface area contributed by atoms with E-state index >= 15 is 0 Å². The molecule has 14 heavy (non-hydrogen) atoms. The van der Waals surface area contributed by atoms with Crippen molar-refractivity contribution in [3.05, 3.63) is 0 Å².